The van der Waals surface area contributed by atoms with Crippen molar-refractivity contribution in [3.05, 3.63) is 71.4 Å². The number of carboxylic acid groups (broad SMARTS) is 1. The Morgan fingerprint density at radius 1 is 1.12 bits per heavy atom. The fourth-order valence-electron chi connectivity index (χ4n) is 2.89. The zero-order valence-corrected chi connectivity index (χ0v) is 14.8. The Morgan fingerprint density at radius 3 is 2.62 bits per heavy atom. The number of hydrogen-bond acceptors (Lipinski definition) is 2. The van der Waals surface area contributed by atoms with E-state index in [0.717, 1.165) is 16.5 Å². The highest BCUT2D eigenvalue weighted by atomic mass is 35.5. The Hall–Kier alpha value is -2.79. The smallest absolute Gasteiger partial charge is 0.326 e. The summed E-state index contributed by atoms with van der Waals surface area (Å²) in [7, 11) is 0. The van der Waals surface area contributed by atoms with Crippen LogP contribution in [0.3, 0.4) is 0 Å². The second-order valence-corrected chi connectivity index (χ2v) is 6.55. The van der Waals surface area contributed by atoms with E-state index in [2.05, 4.69) is 5.32 Å². The third-order valence-electron chi connectivity index (χ3n) is 4.23. The van der Waals surface area contributed by atoms with Gasteiger partial charge in [-0.2, -0.15) is 0 Å². The summed E-state index contributed by atoms with van der Waals surface area (Å²) < 4.78 is 1.94. The fourth-order valence-corrected chi connectivity index (χ4v) is 3.06. The Balaban J connectivity index is 1.61. The van der Waals surface area contributed by atoms with Crippen molar-refractivity contribution in [1.29, 1.82) is 0 Å². The molecule has 26 heavy (non-hydrogen) atoms. The van der Waals surface area contributed by atoms with E-state index >= 15 is 0 Å². The van der Waals surface area contributed by atoms with Crippen LogP contribution in [0, 0.1) is 0 Å². The highest BCUT2D eigenvalue weighted by Gasteiger charge is 2.20. The zero-order chi connectivity index (χ0) is 18.5. The third kappa shape index (κ3) is 4.43. The molecule has 0 saturated carbocycles. The van der Waals surface area contributed by atoms with Crippen molar-refractivity contribution in [2.45, 2.75) is 25.4 Å². The Bertz CT molecular complexity index is 921. The number of carbonyl (C=O) groups is 2. The number of fused-ring (bicyclic) bond motifs is 1. The van der Waals surface area contributed by atoms with E-state index in [0.29, 0.717) is 11.6 Å². The summed E-state index contributed by atoms with van der Waals surface area (Å²) in [5.41, 5.74) is 1.82. The predicted molar refractivity (Wildman–Crippen MR) is 101 cm³/mol. The first-order chi connectivity index (χ1) is 12.5. The summed E-state index contributed by atoms with van der Waals surface area (Å²) in [4.78, 5) is 23.7. The van der Waals surface area contributed by atoms with E-state index in [1.54, 1.807) is 0 Å². The first kappa shape index (κ1) is 18.0. The summed E-state index contributed by atoms with van der Waals surface area (Å²) in [5, 5.41) is 13.7. The van der Waals surface area contributed by atoms with Gasteiger partial charge in [0.05, 0.1) is 0 Å². The third-order valence-corrected chi connectivity index (χ3v) is 4.47. The van der Waals surface area contributed by atoms with Gasteiger partial charge in [-0.15, -0.1) is 0 Å². The SMILES string of the molecule is O=C(CCn1ccc2ccc(Cl)cc21)NC(Cc1ccccc1)C(=O)O. The summed E-state index contributed by atoms with van der Waals surface area (Å²) in [6.45, 7) is 0.452. The molecule has 3 aromatic rings. The predicted octanol–water partition coefficient (Wildman–Crippen LogP) is 3.50. The van der Waals surface area contributed by atoms with Gasteiger partial charge in [-0.3, -0.25) is 4.79 Å². The van der Waals surface area contributed by atoms with Crippen molar-refractivity contribution in [2.75, 3.05) is 0 Å². The van der Waals surface area contributed by atoms with Crippen LogP contribution in [0.2, 0.25) is 5.02 Å². The summed E-state index contributed by atoms with van der Waals surface area (Å²) in [6.07, 6.45) is 2.34. The van der Waals surface area contributed by atoms with Crippen molar-refractivity contribution in [3.8, 4) is 0 Å². The highest BCUT2D eigenvalue weighted by molar-refractivity contribution is 6.31. The lowest BCUT2D eigenvalue weighted by molar-refractivity contribution is -0.141. The number of aliphatic carboxylic acids is 1. The van der Waals surface area contributed by atoms with Crippen LogP contribution in [0.25, 0.3) is 10.9 Å². The molecule has 1 atom stereocenters. The van der Waals surface area contributed by atoms with Crippen molar-refractivity contribution in [3.63, 3.8) is 0 Å². The molecular formula is C20H19ClN2O3. The minimum Gasteiger partial charge on any atom is -0.480 e. The molecule has 0 radical (unpaired) electrons. The van der Waals surface area contributed by atoms with Gasteiger partial charge in [-0.25, -0.2) is 4.79 Å². The molecule has 1 amide bonds. The number of halogens is 1. The number of nitrogens with zero attached hydrogens (tertiary/aromatic N) is 1. The Labute approximate surface area is 156 Å². The minimum absolute atomic E-state index is 0.189. The molecule has 0 saturated heterocycles. The number of amides is 1. The van der Waals surface area contributed by atoms with Crippen LogP contribution in [-0.2, 0) is 22.6 Å². The standard InChI is InChI=1S/C20H19ClN2O3/c21-16-7-6-15-8-10-23(18(15)13-16)11-9-19(24)22-17(20(25)26)12-14-4-2-1-3-5-14/h1-8,10,13,17H,9,11-12H2,(H,22,24)(H,25,26). The van der Waals surface area contributed by atoms with Crippen molar-refractivity contribution >= 4 is 34.4 Å². The number of nitrogens with one attached hydrogen (secondary N) is 1. The molecule has 0 aliphatic rings. The van der Waals surface area contributed by atoms with Gasteiger partial charge in [0.15, 0.2) is 0 Å². The lowest BCUT2D eigenvalue weighted by atomic mass is 10.1. The molecule has 2 N–H and O–H groups in total. The maximum Gasteiger partial charge on any atom is 0.326 e. The van der Waals surface area contributed by atoms with Gasteiger partial charge in [0.2, 0.25) is 5.91 Å². The van der Waals surface area contributed by atoms with Gasteiger partial charge in [0, 0.05) is 36.1 Å². The maximum atomic E-state index is 12.2. The van der Waals surface area contributed by atoms with Crippen LogP contribution in [0.4, 0.5) is 0 Å². The highest BCUT2D eigenvalue weighted by Crippen LogP contribution is 2.20. The molecule has 0 aliphatic heterocycles. The lowest BCUT2D eigenvalue weighted by Crippen LogP contribution is -2.42. The normalized spacial score (nSPS) is 12.0. The lowest BCUT2D eigenvalue weighted by Gasteiger charge is -2.15. The molecule has 1 aromatic heterocycles. The van der Waals surface area contributed by atoms with Crippen LogP contribution in [0.5, 0.6) is 0 Å². The van der Waals surface area contributed by atoms with Gasteiger partial charge in [-0.1, -0.05) is 48.0 Å². The van der Waals surface area contributed by atoms with E-state index in [-0.39, 0.29) is 18.7 Å². The van der Waals surface area contributed by atoms with E-state index in [4.69, 9.17) is 11.6 Å². The topological polar surface area (TPSA) is 71.3 Å². The van der Waals surface area contributed by atoms with Crippen molar-refractivity contribution < 1.29 is 14.7 Å². The zero-order valence-electron chi connectivity index (χ0n) is 14.1. The number of aryl methyl sites for hydroxylation is 1. The van der Waals surface area contributed by atoms with Crippen LogP contribution < -0.4 is 5.32 Å². The molecule has 6 heteroatoms. The van der Waals surface area contributed by atoms with E-state index in [1.165, 1.54) is 0 Å². The minimum atomic E-state index is -1.04. The Morgan fingerprint density at radius 2 is 1.88 bits per heavy atom. The van der Waals surface area contributed by atoms with Crippen LogP contribution in [0.15, 0.2) is 60.8 Å². The van der Waals surface area contributed by atoms with Gasteiger partial charge in [-0.05, 0) is 29.1 Å². The largest absolute Gasteiger partial charge is 0.480 e. The van der Waals surface area contributed by atoms with Gasteiger partial charge >= 0.3 is 5.97 Å². The number of benzene rings is 2. The monoisotopic (exact) mass is 370 g/mol. The van der Waals surface area contributed by atoms with E-state index < -0.39 is 12.0 Å². The molecule has 3 rings (SSSR count). The number of hydrogen-bond donors (Lipinski definition) is 2. The van der Waals surface area contributed by atoms with Crippen molar-refractivity contribution in [2.24, 2.45) is 0 Å². The fraction of sp³-hybridized carbons (Fsp3) is 0.200. The number of aromatic nitrogens is 1. The molecule has 0 aliphatic carbocycles. The second kappa shape index (κ2) is 8.06. The second-order valence-electron chi connectivity index (χ2n) is 6.11. The molecule has 0 bridgehead atoms. The molecular weight excluding hydrogens is 352 g/mol. The molecule has 1 heterocycles. The van der Waals surface area contributed by atoms with Gasteiger partial charge < -0.3 is 15.0 Å². The number of carbonyl (C=O) groups excluding carboxylic acids is 1. The average molecular weight is 371 g/mol. The molecule has 0 fully saturated rings. The summed E-state index contributed by atoms with van der Waals surface area (Å²) >= 11 is 6.03. The Kier molecular flexibility index (Phi) is 5.58. The molecule has 1 unspecified atom stereocenters. The van der Waals surface area contributed by atoms with Crippen LogP contribution in [-0.4, -0.2) is 27.6 Å². The van der Waals surface area contributed by atoms with Gasteiger partial charge in [0.1, 0.15) is 6.04 Å². The molecule has 5 nitrogen and oxygen atoms in total. The number of carboxylic acids is 1. The molecule has 134 valence electrons. The van der Waals surface area contributed by atoms with Crippen LogP contribution >= 0.6 is 11.6 Å². The summed E-state index contributed by atoms with van der Waals surface area (Å²) in [6, 6.07) is 15.9. The van der Waals surface area contributed by atoms with E-state index in [9.17, 15) is 14.7 Å². The molecule has 2 aromatic carbocycles. The first-order valence-corrected chi connectivity index (χ1v) is 8.71. The quantitative estimate of drug-likeness (QED) is 0.668. The van der Waals surface area contributed by atoms with Gasteiger partial charge in [0.25, 0.3) is 0 Å². The maximum absolute atomic E-state index is 12.2. The number of rotatable bonds is 7. The molecule has 0 spiro atoms. The van der Waals surface area contributed by atoms with Crippen molar-refractivity contribution in [1.82, 2.24) is 9.88 Å². The van der Waals surface area contributed by atoms with Crippen LogP contribution in [0.1, 0.15) is 12.0 Å². The van der Waals surface area contributed by atoms with E-state index in [1.807, 2.05) is 65.4 Å². The average Bonchev–Trinajstić information content (AvgIpc) is 3.02. The summed E-state index contributed by atoms with van der Waals surface area (Å²) in [5.74, 6) is -1.34. The first-order valence-electron chi connectivity index (χ1n) is 8.33.